The lowest BCUT2D eigenvalue weighted by Crippen LogP contribution is -2.31. The molecular formula is C13H25N3. The second-order valence-corrected chi connectivity index (χ2v) is 4.71. The van der Waals surface area contributed by atoms with Gasteiger partial charge in [-0.2, -0.15) is 0 Å². The largest absolute Gasteiger partial charge is 0.334 e. The van der Waals surface area contributed by atoms with Gasteiger partial charge in [-0.25, -0.2) is 4.98 Å². The third kappa shape index (κ3) is 2.85. The molecule has 16 heavy (non-hydrogen) atoms. The molecule has 1 heterocycles. The zero-order chi connectivity index (χ0) is 12.1. The predicted molar refractivity (Wildman–Crippen MR) is 68.3 cm³/mol. The van der Waals surface area contributed by atoms with Gasteiger partial charge in [-0.1, -0.05) is 27.7 Å². The zero-order valence-electron chi connectivity index (χ0n) is 11.2. The maximum absolute atomic E-state index is 4.51. The molecule has 1 aromatic heterocycles. The maximum Gasteiger partial charge on any atom is 0.126 e. The van der Waals surface area contributed by atoms with E-state index >= 15 is 0 Å². The van der Waals surface area contributed by atoms with Gasteiger partial charge in [0, 0.05) is 18.9 Å². The summed E-state index contributed by atoms with van der Waals surface area (Å²) >= 11 is 0. The molecule has 0 aliphatic carbocycles. The van der Waals surface area contributed by atoms with E-state index in [1.165, 1.54) is 5.82 Å². The number of hydrogen-bond acceptors (Lipinski definition) is 2. The maximum atomic E-state index is 4.51. The van der Waals surface area contributed by atoms with E-state index in [4.69, 9.17) is 0 Å². The van der Waals surface area contributed by atoms with Gasteiger partial charge in [0.1, 0.15) is 5.82 Å². The molecule has 0 radical (unpaired) electrons. The first-order valence-corrected chi connectivity index (χ1v) is 6.36. The van der Waals surface area contributed by atoms with E-state index in [2.05, 4.69) is 55.7 Å². The zero-order valence-corrected chi connectivity index (χ0v) is 11.2. The molecule has 0 aromatic carbocycles. The van der Waals surface area contributed by atoms with Gasteiger partial charge in [-0.3, -0.25) is 0 Å². The third-order valence-electron chi connectivity index (χ3n) is 3.37. The van der Waals surface area contributed by atoms with E-state index in [1.807, 2.05) is 6.20 Å². The lowest BCUT2D eigenvalue weighted by Gasteiger charge is -2.27. The van der Waals surface area contributed by atoms with Crippen LogP contribution in [-0.4, -0.2) is 16.1 Å². The van der Waals surface area contributed by atoms with E-state index in [-0.39, 0.29) is 0 Å². The number of rotatable bonds is 6. The van der Waals surface area contributed by atoms with Gasteiger partial charge in [0.15, 0.2) is 0 Å². The van der Waals surface area contributed by atoms with E-state index in [1.54, 1.807) is 0 Å². The molecule has 3 nitrogen and oxygen atoms in total. The Hall–Kier alpha value is -0.830. The van der Waals surface area contributed by atoms with Crippen molar-refractivity contribution in [2.24, 2.45) is 11.8 Å². The van der Waals surface area contributed by atoms with E-state index in [0.29, 0.717) is 17.9 Å². The van der Waals surface area contributed by atoms with E-state index in [0.717, 1.165) is 13.1 Å². The Labute approximate surface area is 99.3 Å². The molecule has 0 saturated heterocycles. The van der Waals surface area contributed by atoms with Gasteiger partial charge in [0.2, 0.25) is 0 Å². The van der Waals surface area contributed by atoms with Crippen molar-refractivity contribution in [2.45, 2.75) is 47.2 Å². The van der Waals surface area contributed by atoms with Crippen molar-refractivity contribution in [3.05, 3.63) is 18.2 Å². The molecule has 3 heteroatoms. The van der Waals surface area contributed by atoms with Crippen molar-refractivity contribution in [3.63, 3.8) is 0 Å². The molecule has 0 spiro atoms. The monoisotopic (exact) mass is 223 g/mol. The second-order valence-electron chi connectivity index (χ2n) is 4.71. The first kappa shape index (κ1) is 13.2. The Morgan fingerprint density at radius 3 is 2.50 bits per heavy atom. The highest BCUT2D eigenvalue weighted by Crippen LogP contribution is 2.26. The van der Waals surface area contributed by atoms with Gasteiger partial charge in [-0.15, -0.1) is 0 Å². The lowest BCUT2D eigenvalue weighted by molar-refractivity contribution is 0.291. The van der Waals surface area contributed by atoms with Crippen LogP contribution in [0.1, 0.15) is 46.5 Å². The SMILES string of the molecule is CCNC(c1nccn1CC)C(C)C(C)C. The van der Waals surface area contributed by atoms with Crippen LogP contribution >= 0.6 is 0 Å². The Balaban J connectivity index is 2.92. The lowest BCUT2D eigenvalue weighted by atomic mass is 9.89. The van der Waals surface area contributed by atoms with Gasteiger partial charge >= 0.3 is 0 Å². The molecule has 1 aromatic rings. The van der Waals surface area contributed by atoms with Crippen LogP contribution in [0.3, 0.4) is 0 Å². The third-order valence-corrected chi connectivity index (χ3v) is 3.37. The van der Waals surface area contributed by atoms with Gasteiger partial charge in [-0.05, 0) is 25.3 Å². The fraction of sp³-hybridized carbons (Fsp3) is 0.769. The van der Waals surface area contributed by atoms with Crippen LogP contribution in [-0.2, 0) is 6.54 Å². The van der Waals surface area contributed by atoms with Crippen LogP contribution in [0.25, 0.3) is 0 Å². The summed E-state index contributed by atoms with van der Waals surface area (Å²) in [5, 5.41) is 3.56. The van der Waals surface area contributed by atoms with E-state index < -0.39 is 0 Å². The molecule has 1 rings (SSSR count). The molecule has 0 aliphatic heterocycles. The summed E-state index contributed by atoms with van der Waals surface area (Å²) in [6.07, 6.45) is 3.96. The molecule has 0 fully saturated rings. The summed E-state index contributed by atoms with van der Waals surface area (Å²) in [4.78, 5) is 4.51. The number of aryl methyl sites for hydroxylation is 1. The normalized spacial score (nSPS) is 15.4. The number of nitrogens with one attached hydrogen (secondary N) is 1. The highest BCUT2D eigenvalue weighted by Gasteiger charge is 2.24. The van der Waals surface area contributed by atoms with Gasteiger partial charge in [0.05, 0.1) is 6.04 Å². The summed E-state index contributed by atoms with van der Waals surface area (Å²) in [6, 6.07) is 0.361. The first-order valence-electron chi connectivity index (χ1n) is 6.36. The Bertz CT molecular complexity index is 304. The average Bonchev–Trinajstić information content (AvgIpc) is 2.72. The molecule has 0 amide bonds. The predicted octanol–water partition coefficient (Wildman–Crippen LogP) is 2.85. The summed E-state index contributed by atoms with van der Waals surface area (Å²) in [5.41, 5.74) is 0. The Morgan fingerprint density at radius 2 is 2.00 bits per heavy atom. The number of nitrogens with zero attached hydrogens (tertiary/aromatic N) is 2. The Kier molecular flexibility index (Phi) is 5.00. The molecule has 92 valence electrons. The summed E-state index contributed by atoms with van der Waals surface area (Å²) in [6.45, 7) is 13.1. The van der Waals surface area contributed by atoms with Crippen molar-refractivity contribution in [2.75, 3.05) is 6.54 Å². The summed E-state index contributed by atoms with van der Waals surface area (Å²) in [5.74, 6) is 2.42. The van der Waals surface area contributed by atoms with Crippen molar-refractivity contribution in [1.29, 1.82) is 0 Å². The molecule has 0 aliphatic rings. The van der Waals surface area contributed by atoms with Gasteiger partial charge in [0.25, 0.3) is 0 Å². The fourth-order valence-electron chi connectivity index (χ4n) is 1.98. The van der Waals surface area contributed by atoms with Crippen LogP contribution in [0.15, 0.2) is 12.4 Å². The molecule has 1 N–H and O–H groups in total. The molecule has 2 unspecified atom stereocenters. The van der Waals surface area contributed by atoms with Crippen LogP contribution in [0, 0.1) is 11.8 Å². The minimum atomic E-state index is 0.361. The smallest absolute Gasteiger partial charge is 0.126 e. The number of aromatic nitrogens is 2. The van der Waals surface area contributed by atoms with Crippen molar-refractivity contribution < 1.29 is 0 Å². The molecule has 0 saturated carbocycles. The van der Waals surface area contributed by atoms with Crippen molar-refractivity contribution >= 4 is 0 Å². The standard InChI is InChI=1S/C13H25N3/c1-6-14-12(11(5)10(3)4)13-15-8-9-16(13)7-2/h8-12,14H,6-7H2,1-5H3. The fourth-order valence-corrected chi connectivity index (χ4v) is 1.98. The highest BCUT2D eigenvalue weighted by atomic mass is 15.1. The quantitative estimate of drug-likeness (QED) is 0.803. The van der Waals surface area contributed by atoms with Crippen LogP contribution in [0.4, 0.5) is 0 Å². The van der Waals surface area contributed by atoms with Gasteiger partial charge < -0.3 is 9.88 Å². The summed E-state index contributed by atoms with van der Waals surface area (Å²) < 4.78 is 2.23. The van der Waals surface area contributed by atoms with Crippen molar-refractivity contribution in [3.8, 4) is 0 Å². The minimum Gasteiger partial charge on any atom is -0.334 e. The Morgan fingerprint density at radius 1 is 1.31 bits per heavy atom. The topological polar surface area (TPSA) is 29.9 Å². The number of hydrogen-bond donors (Lipinski definition) is 1. The van der Waals surface area contributed by atoms with Crippen molar-refractivity contribution in [1.82, 2.24) is 14.9 Å². The molecule has 0 bridgehead atoms. The minimum absolute atomic E-state index is 0.361. The first-order chi connectivity index (χ1) is 7.61. The highest BCUT2D eigenvalue weighted by molar-refractivity contribution is 5.01. The van der Waals surface area contributed by atoms with Crippen LogP contribution < -0.4 is 5.32 Å². The number of imidazole rings is 1. The summed E-state index contributed by atoms with van der Waals surface area (Å²) in [7, 11) is 0. The molecular weight excluding hydrogens is 198 g/mol. The van der Waals surface area contributed by atoms with Crippen LogP contribution in [0.2, 0.25) is 0 Å². The van der Waals surface area contributed by atoms with Crippen LogP contribution in [0.5, 0.6) is 0 Å². The molecule has 2 atom stereocenters. The second kappa shape index (κ2) is 6.04. The average molecular weight is 223 g/mol. The van der Waals surface area contributed by atoms with E-state index in [9.17, 15) is 0 Å².